The van der Waals surface area contributed by atoms with Crippen molar-refractivity contribution in [2.75, 3.05) is 0 Å². The molecular weight excluding hydrogens is 238 g/mol. The summed E-state index contributed by atoms with van der Waals surface area (Å²) in [5, 5.41) is 10.5. The molecule has 2 aromatic rings. The second-order valence-electron chi connectivity index (χ2n) is 3.50. The van der Waals surface area contributed by atoms with Gasteiger partial charge in [-0.05, 0) is 23.8 Å². The highest BCUT2D eigenvalue weighted by Gasteiger charge is 2.04. The van der Waals surface area contributed by atoms with Crippen LogP contribution in [0.1, 0.15) is 11.3 Å². The minimum atomic E-state index is -0.413. The number of aromatic nitrogens is 2. The van der Waals surface area contributed by atoms with Gasteiger partial charge in [0.25, 0.3) is 5.69 Å². The molecule has 0 saturated heterocycles. The molecule has 0 fully saturated rings. The Balaban J connectivity index is 2.19. The number of nitro benzene ring substituents is 1. The summed E-state index contributed by atoms with van der Waals surface area (Å²) < 4.78 is 0.435. The fourth-order valence-corrected chi connectivity index (χ4v) is 1.66. The standard InChI is InChI=1S/C11H9N3O2S/c15-14(16)10-3-1-8(2-4-10)7-9-5-6-12-11(17)13-9/h1-6H,7H2,(H,12,13,17). The Kier molecular flexibility index (Phi) is 3.24. The summed E-state index contributed by atoms with van der Waals surface area (Å²) in [4.78, 5) is 16.9. The van der Waals surface area contributed by atoms with E-state index in [0.29, 0.717) is 11.2 Å². The Hall–Kier alpha value is -2.08. The van der Waals surface area contributed by atoms with E-state index < -0.39 is 4.92 Å². The third-order valence-electron chi connectivity index (χ3n) is 2.28. The SMILES string of the molecule is O=[N+]([O-])c1ccc(Cc2ccnc(=S)[nH]2)cc1. The van der Waals surface area contributed by atoms with Crippen LogP contribution < -0.4 is 0 Å². The van der Waals surface area contributed by atoms with E-state index in [2.05, 4.69) is 9.97 Å². The summed E-state index contributed by atoms with van der Waals surface area (Å²) in [6.45, 7) is 0. The van der Waals surface area contributed by atoms with Crippen molar-refractivity contribution in [1.29, 1.82) is 0 Å². The summed E-state index contributed by atoms with van der Waals surface area (Å²) in [5.74, 6) is 0. The van der Waals surface area contributed by atoms with Crippen molar-refractivity contribution >= 4 is 17.9 Å². The Bertz CT molecular complexity index is 592. The van der Waals surface area contributed by atoms with E-state index in [1.165, 1.54) is 12.1 Å². The van der Waals surface area contributed by atoms with E-state index in [-0.39, 0.29) is 5.69 Å². The lowest BCUT2D eigenvalue weighted by atomic mass is 10.1. The number of benzene rings is 1. The Morgan fingerprint density at radius 2 is 2.00 bits per heavy atom. The van der Waals surface area contributed by atoms with E-state index >= 15 is 0 Å². The third-order valence-corrected chi connectivity index (χ3v) is 2.48. The first-order valence-corrected chi connectivity index (χ1v) is 5.33. The number of hydrogen-bond acceptors (Lipinski definition) is 4. The van der Waals surface area contributed by atoms with E-state index in [1.807, 2.05) is 6.07 Å². The first-order chi connectivity index (χ1) is 8.15. The maximum absolute atomic E-state index is 10.5. The molecule has 1 aromatic carbocycles. The van der Waals surface area contributed by atoms with Crippen molar-refractivity contribution in [2.45, 2.75) is 6.42 Å². The molecule has 0 aliphatic carbocycles. The molecule has 86 valence electrons. The Morgan fingerprint density at radius 3 is 2.59 bits per heavy atom. The van der Waals surface area contributed by atoms with Gasteiger partial charge in [-0.1, -0.05) is 12.1 Å². The number of rotatable bonds is 3. The number of non-ortho nitro benzene ring substituents is 1. The molecule has 0 spiro atoms. The minimum absolute atomic E-state index is 0.0939. The molecule has 1 aromatic heterocycles. The summed E-state index contributed by atoms with van der Waals surface area (Å²) in [5.41, 5.74) is 2.00. The molecule has 1 N–H and O–H groups in total. The zero-order valence-corrected chi connectivity index (χ0v) is 9.61. The number of nitrogens with zero attached hydrogens (tertiary/aromatic N) is 2. The molecule has 5 nitrogen and oxygen atoms in total. The molecule has 1 heterocycles. The van der Waals surface area contributed by atoms with Crippen molar-refractivity contribution in [3.8, 4) is 0 Å². The van der Waals surface area contributed by atoms with Crippen molar-refractivity contribution in [1.82, 2.24) is 9.97 Å². The average Bonchev–Trinajstić information content (AvgIpc) is 2.29. The maximum atomic E-state index is 10.5. The number of H-pyrrole nitrogens is 1. The largest absolute Gasteiger partial charge is 0.334 e. The quantitative estimate of drug-likeness (QED) is 0.514. The van der Waals surface area contributed by atoms with Gasteiger partial charge in [0.05, 0.1) is 4.92 Å². The van der Waals surface area contributed by atoms with Gasteiger partial charge in [-0.25, -0.2) is 4.98 Å². The molecule has 2 rings (SSSR count). The Morgan fingerprint density at radius 1 is 1.29 bits per heavy atom. The average molecular weight is 247 g/mol. The third kappa shape index (κ3) is 2.94. The molecule has 17 heavy (non-hydrogen) atoms. The van der Waals surface area contributed by atoms with Crippen molar-refractivity contribution in [3.63, 3.8) is 0 Å². The predicted molar refractivity (Wildman–Crippen MR) is 65.3 cm³/mol. The summed E-state index contributed by atoms with van der Waals surface area (Å²) >= 11 is 4.91. The van der Waals surface area contributed by atoms with Gasteiger partial charge in [0.2, 0.25) is 0 Å². The number of nitro groups is 1. The molecule has 0 aliphatic heterocycles. The minimum Gasteiger partial charge on any atom is -0.334 e. The fourth-order valence-electron chi connectivity index (χ4n) is 1.46. The molecule has 0 atom stereocenters. The highest BCUT2D eigenvalue weighted by atomic mass is 32.1. The summed E-state index contributed by atoms with van der Waals surface area (Å²) in [7, 11) is 0. The van der Waals surface area contributed by atoms with Crippen LogP contribution in [-0.4, -0.2) is 14.9 Å². The van der Waals surface area contributed by atoms with Gasteiger partial charge in [0, 0.05) is 30.4 Å². The van der Waals surface area contributed by atoms with Gasteiger partial charge in [0.1, 0.15) is 0 Å². The normalized spacial score (nSPS) is 10.1. The molecule has 0 saturated carbocycles. The van der Waals surface area contributed by atoms with Crippen molar-refractivity contribution in [2.24, 2.45) is 0 Å². The van der Waals surface area contributed by atoms with Gasteiger partial charge in [-0.2, -0.15) is 0 Å². The van der Waals surface area contributed by atoms with E-state index in [0.717, 1.165) is 11.3 Å². The number of hydrogen-bond donors (Lipinski definition) is 1. The van der Waals surface area contributed by atoms with E-state index in [1.54, 1.807) is 18.3 Å². The van der Waals surface area contributed by atoms with Crippen LogP contribution in [0.4, 0.5) is 5.69 Å². The number of nitrogens with one attached hydrogen (secondary N) is 1. The second-order valence-corrected chi connectivity index (χ2v) is 3.89. The zero-order valence-electron chi connectivity index (χ0n) is 8.79. The van der Waals surface area contributed by atoms with Crippen LogP contribution in [0.25, 0.3) is 0 Å². The van der Waals surface area contributed by atoms with Gasteiger partial charge in [-0.3, -0.25) is 10.1 Å². The van der Waals surface area contributed by atoms with Gasteiger partial charge >= 0.3 is 0 Å². The van der Waals surface area contributed by atoms with Crippen LogP contribution in [0.15, 0.2) is 36.5 Å². The predicted octanol–water partition coefficient (Wildman–Crippen LogP) is 2.64. The van der Waals surface area contributed by atoms with Crippen LogP contribution in [0, 0.1) is 14.9 Å². The molecule has 0 radical (unpaired) electrons. The van der Waals surface area contributed by atoms with E-state index in [4.69, 9.17) is 12.2 Å². The van der Waals surface area contributed by atoms with Crippen LogP contribution in [-0.2, 0) is 6.42 Å². The number of aromatic amines is 1. The summed E-state index contributed by atoms with van der Waals surface area (Å²) in [6.07, 6.45) is 2.28. The highest BCUT2D eigenvalue weighted by Crippen LogP contribution is 2.13. The molecule has 0 bridgehead atoms. The van der Waals surface area contributed by atoms with Crippen molar-refractivity contribution in [3.05, 3.63) is 62.7 Å². The van der Waals surface area contributed by atoms with Crippen LogP contribution in [0.2, 0.25) is 0 Å². The lowest BCUT2D eigenvalue weighted by Crippen LogP contribution is -1.94. The fraction of sp³-hybridized carbons (Fsp3) is 0.0909. The lowest BCUT2D eigenvalue weighted by Gasteiger charge is -2.01. The molecular formula is C11H9N3O2S. The summed E-state index contributed by atoms with van der Waals surface area (Å²) in [6, 6.07) is 8.28. The lowest BCUT2D eigenvalue weighted by molar-refractivity contribution is -0.384. The first kappa shape index (κ1) is 11.4. The van der Waals surface area contributed by atoms with E-state index in [9.17, 15) is 10.1 Å². The smallest absolute Gasteiger partial charge is 0.269 e. The zero-order chi connectivity index (χ0) is 12.3. The maximum Gasteiger partial charge on any atom is 0.269 e. The van der Waals surface area contributed by atoms with Gasteiger partial charge in [0.15, 0.2) is 4.77 Å². The monoisotopic (exact) mass is 247 g/mol. The van der Waals surface area contributed by atoms with Gasteiger partial charge in [-0.15, -0.1) is 0 Å². The van der Waals surface area contributed by atoms with Gasteiger partial charge < -0.3 is 4.98 Å². The van der Waals surface area contributed by atoms with Crippen LogP contribution >= 0.6 is 12.2 Å². The van der Waals surface area contributed by atoms with Crippen LogP contribution in [0.3, 0.4) is 0 Å². The van der Waals surface area contributed by atoms with Crippen molar-refractivity contribution < 1.29 is 4.92 Å². The first-order valence-electron chi connectivity index (χ1n) is 4.93. The molecule has 6 heteroatoms. The second kappa shape index (κ2) is 4.84. The molecule has 0 aliphatic rings. The topological polar surface area (TPSA) is 71.8 Å². The Labute approximate surface area is 102 Å². The molecule has 0 unspecified atom stereocenters. The highest BCUT2D eigenvalue weighted by molar-refractivity contribution is 7.71. The van der Waals surface area contributed by atoms with Crippen LogP contribution in [0.5, 0.6) is 0 Å². The molecule has 0 amide bonds.